The van der Waals surface area contributed by atoms with E-state index in [1.165, 1.54) is 6.33 Å². The van der Waals surface area contributed by atoms with Crippen LogP contribution >= 0.6 is 24.8 Å². The highest BCUT2D eigenvalue weighted by atomic mass is 35.5. The molecule has 2 aliphatic heterocycles. The number of anilines is 1. The van der Waals surface area contributed by atoms with Crippen LogP contribution in [0.25, 0.3) is 5.78 Å². The van der Waals surface area contributed by atoms with Gasteiger partial charge in [-0.2, -0.15) is 14.6 Å². The molecule has 0 radical (unpaired) electrons. The second-order valence-corrected chi connectivity index (χ2v) is 6.12. The lowest BCUT2D eigenvalue weighted by molar-refractivity contribution is -0.136. The molecule has 1 amide bonds. The fourth-order valence-corrected chi connectivity index (χ4v) is 3.24. The average molecular weight is 404 g/mol. The zero-order valence-electron chi connectivity index (χ0n) is 14.5. The third-order valence-corrected chi connectivity index (χ3v) is 4.50. The molecule has 0 bridgehead atoms. The van der Waals surface area contributed by atoms with Gasteiger partial charge in [0.25, 0.3) is 5.78 Å². The largest absolute Gasteiger partial charge is 0.378 e. The predicted octanol–water partition coefficient (Wildman–Crippen LogP) is -0.0867. The Morgan fingerprint density at radius 2 is 2.04 bits per heavy atom. The number of halogens is 2. The number of morpholine rings is 1. The van der Waals surface area contributed by atoms with E-state index in [4.69, 9.17) is 4.74 Å². The van der Waals surface area contributed by atoms with E-state index in [1.54, 1.807) is 4.52 Å². The first-order chi connectivity index (χ1) is 11.7. The molecule has 11 heteroatoms. The second-order valence-electron chi connectivity index (χ2n) is 6.12. The van der Waals surface area contributed by atoms with Crippen molar-refractivity contribution in [2.75, 3.05) is 50.8 Å². The quantitative estimate of drug-likeness (QED) is 0.749. The lowest BCUT2D eigenvalue weighted by Gasteiger charge is -2.38. The lowest BCUT2D eigenvalue weighted by Crippen LogP contribution is -2.57. The molecule has 2 saturated heterocycles. The Hall–Kier alpha value is -1.68. The summed E-state index contributed by atoms with van der Waals surface area (Å²) >= 11 is 0. The van der Waals surface area contributed by atoms with E-state index in [1.807, 2.05) is 17.9 Å². The molecule has 4 heterocycles. The van der Waals surface area contributed by atoms with Gasteiger partial charge in [0.15, 0.2) is 0 Å². The highest BCUT2D eigenvalue weighted by molar-refractivity contribution is 5.85. The zero-order valence-corrected chi connectivity index (χ0v) is 16.1. The molecule has 4 rings (SSSR count). The number of hydrogen-bond donors (Lipinski definition) is 1. The summed E-state index contributed by atoms with van der Waals surface area (Å²) < 4.78 is 7.14. The van der Waals surface area contributed by atoms with Gasteiger partial charge in [-0.3, -0.25) is 4.79 Å². The minimum absolute atomic E-state index is 0. The van der Waals surface area contributed by atoms with Gasteiger partial charge in [-0.05, 0) is 6.92 Å². The summed E-state index contributed by atoms with van der Waals surface area (Å²) in [6.45, 7) is 6.72. The molecule has 0 saturated carbocycles. The van der Waals surface area contributed by atoms with Gasteiger partial charge < -0.3 is 19.9 Å². The number of hydrogen-bond acceptors (Lipinski definition) is 7. The van der Waals surface area contributed by atoms with E-state index in [2.05, 4.69) is 25.3 Å². The maximum atomic E-state index is 12.5. The SMILES string of the molecule is Cc1cc(N2CCN(C(=O)C3COCCN3)CC2)n2ncnc2n1.Cl.Cl. The number of piperazine rings is 1. The molecule has 0 aliphatic carbocycles. The van der Waals surface area contributed by atoms with E-state index in [-0.39, 0.29) is 36.8 Å². The van der Waals surface area contributed by atoms with Gasteiger partial charge >= 0.3 is 0 Å². The smallest absolute Gasteiger partial charge is 0.254 e. The van der Waals surface area contributed by atoms with Crippen molar-refractivity contribution in [3.63, 3.8) is 0 Å². The molecule has 1 atom stereocenters. The van der Waals surface area contributed by atoms with Crippen molar-refractivity contribution >= 4 is 42.3 Å². The molecule has 1 unspecified atom stereocenters. The number of ether oxygens (including phenoxy) is 1. The third-order valence-electron chi connectivity index (χ3n) is 4.50. The number of carbonyl (C=O) groups excluding carboxylic acids is 1. The van der Waals surface area contributed by atoms with Crippen LogP contribution in [0.3, 0.4) is 0 Å². The highest BCUT2D eigenvalue weighted by Gasteiger charge is 2.29. The number of aromatic nitrogens is 4. The molecule has 26 heavy (non-hydrogen) atoms. The van der Waals surface area contributed by atoms with Gasteiger partial charge in [0.2, 0.25) is 5.91 Å². The van der Waals surface area contributed by atoms with E-state index >= 15 is 0 Å². The van der Waals surface area contributed by atoms with Crippen LogP contribution in [0.1, 0.15) is 5.69 Å². The summed E-state index contributed by atoms with van der Waals surface area (Å²) in [6, 6.07) is 1.80. The molecular weight excluding hydrogens is 381 g/mol. The maximum Gasteiger partial charge on any atom is 0.254 e. The van der Waals surface area contributed by atoms with Crippen LogP contribution in [0, 0.1) is 6.92 Å². The number of nitrogens with zero attached hydrogens (tertiary/aromatic N) is 6. The van der Waals surface area contributed by atoms with Crippen LogP contribution in [0.15, 0.2) is 12.4 Å². The standard InChI is InChI=1S/C15H21N7O2.2ClH/c1-11-8-13(22-15(19-11)17-10-18-22)20-3-5-21(6-4-20)14(23)12-9-24-7-2-16-12;;/h8,10,12,16H,2-7,9H2,1H3;2*1H. The molecule has 1 N–H and O–H groups in total. The average Bonchev–Trinajstić information content (AvgIpc) is 3.09. The number of aryl methyl sites for hydroxylation is 1. The topological polar surface area (TPSA) is 87.9 Å². The minimum Gasteiger partial charge on any atom is -0.378 e. The van der Waals surface area contributed by atoms with Crippen molar-refractivity contribution in [1.82, 2.24) is 29.8 Å². The Morgan fingerprint density at radius 1 is 1.27 bits per heavy atom. The summed E-state index contributed by atoms with van der Waals surface area (Å²) in [5.41, 5.74) is 0.910. The van der Waals surface area contributed by atoms with Crippen molar-refractivity contribution in [1.29, 1.82) is 0 Å². The Kier molecular flexibility index (Phi) is 6.99. The van der Waals surface area contributed by atoms with Crippen LogP contribution in [-0.4, -0.2) is 82.4 Å². The molecule has 0 spiro atoms. The van der Waals surface area contributed by atoms with E-state index < -0.39 is 0 Å². The van der Waals surface area contributed by atoms with Gasteiger partial charge in [-0.25, -0.2) is 4.98 Å². The minimum atomic E-state index is -0.213. The molecule has 144 valence electrons. The van der Waals surface area contributed by atoms with Crippen molar-refractivity contribution in [3.8, 4) is 0 Å². The van der Waals surface area contributed by atoms with Crippen LogP contribution in [0.2, 0.25) is 0 Å². The van der Waals surface area contributed by atoms with Gasteiger partial charge in [-0.15, -0.1) is 24.8 Å². The number of carbonyl (C=O) groups is 1. The Labute approximate surface area is 163 Å². The van der Waals surface area contributed by atoms with Crippen molar-refractivity contribution in [2.45, 2.75) is 13.0 Å². The fraction of sp³-hybridized carbons (Fsp3) is 0.600. The van der Waals surface area contributed by atoms with Crippen molar-refractivity contribution < 1.29 is 9.53 Å². The number of amides is 1. The van der Waals surface area contributed by atoms with Crippen molar-refractivity contribution in [2.24, 2.45) is 0 Å². The summed E-state index contributed by atoms with van der Waals surface area (Å²) in [5, 5.41) is 7.48. The van der Waals surface area contributed by atoms with Gasteiger partial charge in [0.1, 0.15) is 18.2 Å². The summed E-state index contributed by atoms with van der Waals surface area (Å²) in [6.07, 6.45) is 1.51. The molecule has 2 fully saturated rings. The zero-order chi connectivity index (χ0) is 16.5. The monoisotopic (exact) mass is 403 g/mol. The first-order valence-electron chi connectivity index (χ1n) is 8.24. The number of rotatable bonds is 2. The van der Waals surface area contributed by atoms with Crippen LogP contribution in [0.4, 0.5) is 5.82 Å². The fourth-order valence-electron chi connectivity index (χ4n) is 3.24. The molecular formula is C15H23Cl2N7O2. The Balaban J connectivity index is 0.00000121. The number of nitrogens with one attached hydrogen (secondary N) is 1. The molecule has 0 aromatic carbocycles. The Morgan fingerprint density at radius 3 is 2.73 bits per heavy atom. The second kappa shape index (κ2) is 8.81. The molecule has 9 nitrogen and oxygen atoms in total. The molecule has 2 aromatic rings. The third kappa shape index (κ3) is 4.01. The van der Waals surface area contributed by atoms with Crippen LogP contribution in [-0.2, 0) is 9.53 Å². The molecule has 2 aliphatic rings. The summed E-state index contributed by atoms with van der Waals surface area (Å²) in [4.78, 5) is 25.2. The van der Waals surface area contributed by atoms with E-state index in [0.29, 0.717) is 32.1 Å². The van der Waals surface area contributed by atoms with E-state index in [0.717, 1.165) is 31.1 Å². The van der Waals surface area contributed by atoms with Gasteiger partial charge in [-0.1, -0.05) is 0 Å². The summed E-state index contributed by atoms with van der Waals surface area (Å²) in [7, 11) is 0. The summed E-state index contributed by atoms with van der Waals surface area (Å²) in [5.74, 6) is 1.71. The predicted molar refractivity (Wildman–Crippen MR) is 101 cm³/mol. The molecule has 2 aromatic heterocycles. The first kappa shape index (κ1) is 20.6. The van der Waals surface area contributed by atoms with Crippen LogP contribution < -0.4 is 10.2 Å². The highest BCUT2D eigenvalue weighted by Crippen LogP contribution is 2.18. The lowest BCUT2D eigenvalue weighted by atomic mass is 10.2. The maximum absolute atomic E-state index is 12.5. The Bertz CT molecular complexity index is 743. The van der Waals surface area contributed by atoms with Gasteiger partial charge in [0, 0.05) is 44.5 Å². The van der Waals surface area contributed by atoms with Crippen LogP contribution in [0.5, 0.6) is 0 Å². The van der Waals surface area contributed by atoms with Crippen molar-refractivity contribution in [3.05, 3.63) is 18.1 Å². The number of fused-ring (bicyclic) bond motifs is 1. The van der Waals surface area contributed by atoms with E-state index in [9.17, 15) is 4.79 Å². The first-order valence-corrected chi connectivity index (χ1v) is 8.24. The normalized spacial score (nSPS) is 20.4. The van der Waals surface area contributed by atoms with Gasteiger partial charge in [0.05, 0.1) is 13.2 Å².